The Hall–Kier alpha value is -1.30. The van der Waals surface area contributed by atoms with E-state index in [2.05, 4.69) is 0 Å². The summed E-state index contributed by atoms with van der Waals surface area (Å²) in [7, 11) is 0. The van der Waals surface area contributed by atoms with Crippen LogP contribution in [0.4, 0.5) is 4.79 Å². The van der Waals surface area contributed by atoms with Crippen LogP contribution in [-0.4, -0.2) is 40.6 Å². The third kappa shape index (κ3) is 1.89. The van der Waals surface area contributed by atoms with Crippen LogP contribution in [0.3, 0.4) is 0 Å². The van der Waals surface area contributed by atoms with E-state index in [0.29, 0.717) is 12.8 Å². The molecule has 2 amide bonds. The van der Waals surface area contributed by atoms with Crippen molar-refractivity contribution >= 4 is 12.0 Å². The molecule has 0 aromatic carbocycles. The number of rotatable bonds is 1. The molecule has 1 saturated heterocycles. The summed E-state index contributed by atoms with van der Waals surface area (Å²) in [6.07, 6.45) is -0.380. The number of hydrogen-bond acceptors (Lipinski definition) is 3. The van der Waals surface area contributed by atoms with E-state index in [9.17, 15) is 9.59 Å². The van der Waals surface area contributed by atoms with Crippen LogP contribution in [0.2, 0.25) is 0 Å². The highest BCUT2D eigenvalue weighted by atomic mass is 16.4. The molecular weight excluding hydrogens is 174 g/mol. The molecule has 0 aromatic rings. The largest absolute Gasteiger partial charge is 0.465 e. The third-order valence-electron chi connectivity index (χ3n) is 2.42. The molecule has 13 heavy (non-hydrogen) atoms. The zero-order valence-corrected chi connectivity index (χ0v) is 7.19. The van der Waals surface area contributed by atoms with Crippen molar-refractivity contribution in [3.63, 3.8) is 0 Å². The molecule has 1 aliphatic heterocycles. The maximum atomic E-state index is 10.9. The summed E-state index contributed by atoms with van der Waals surface area (Å²) in [5, 5.41) is 8.62. The van der Waals surface area contributed by atoms with Crippen molar-refractivity contribution in [2.24, 2.45) is 11.5 Å². The van der Waals surface area contributed by atoms with Crippen LogP contribution < -0.4 is 11.5 Å². The van der Waals surface area contributed by atoms with Gasteiger partial charge in [-0.05, 0) is 12.8 Å². The van der Waals surface area contributed by atoms with Gasteiger partial charge in [-0.2, -0.15) is 0 Å². The Morgan fingerprint density at radius 2 is 1.77 bits per heavy atom. The highest BCUT2D eigenvalue weighted by Gasteiger charge is 2.37. The Morgan fingerprint density at radius 1 is 1.31 bits per heavy atom. The lowest BCUT2D eigenvalue weighted by Crippen LogP contribution is -2.58. The number of nitrogens with zero attached hydrogens (tertiary/aromatic N) is 1. The van der Waals surface area contributed by atoms with Gasteiger partial charge < -0.3 is 21.5 Å². The van der Waals surface area contributed by atoms with Crippen LogP contribution in [0.15, 0.2) is 0 Å². The molecular formula is C7H13N3O3. The highest BCUT2D eigenvalue weighted by Crippen LogP contribution is 2.18. The van der Waals surface area contributed by atoms with Crippen molar-refractivity contribution < 1.29 is 14.7 Å². The smallest absolute Gasteiger partial charge is 0.407 e. The first-order valence-electron chi connectivity index (χ1n) is 4.02. The highest BCUT2D eigenvalue weighted by molar-refractivity contribution is 5.84. The number of carboxylic acid groups (broad SMARTS) is 1. The van der Waals surface area contributed by atoms with E-state index in [1.54, 1.807) is 0 Å². The molecule has 6 heteroatoms. The molecule has 0 unspecified atom stereocenters. The molecule has 0 spiro atoms. The van der Waals surface area contributed by atoms with Gasteiger partial charge in [-0.25, -0.2) is 4.79 Å². The molecule has 1 aliphatic rings. The second-order valence-corrected chi connectivity index (χ2v) is 3.29. The summed E-state index contributed by atoms with van der Waals surface area (Å²) < 4.78 is 0. The normalized spacial score (nSPS) is 21.2. The van der Waals surface area contributed by atoms with E-state index in [1.165, 1.54) is 4.90 Å². The van der Waals surface area contributed by atoms with Crippen molar-refractivity contribution in [2.75, 3.05) is 13.1 Å². The quantitative estimate of drug-likeness (QED) is 0.486. The van der Waals surface area contributed by atoms with Gasteiger partial charge in [-0.3, -0.25) is 4.79 Å². The lowest BCUT2D eigenvalue weighted by atomic mass is 9.88. The zero-order valence-electron chi connectivity index (χ0n) is 7.19. The summed E-state index contributed by atoms with van der Waals surface area (Å²) in [4.78, 5) is 22.6. The molecule has 0 bridgehead atoms. The number of carbonyl (C=O) groups is 2. The standard InChI is InChI=1S/C7H13N3O3/c8-5(11)7(9)1-3-10(4-2-7)6(12)13/h1-4,9H2,(H2,8,11)(H,12,13). The Morgan fingerprint density at radius 3 is 2.08 bits per heavy atom. The monoisotopic (exact) mass is 187 g/mol. The number of likely N-dealkylation sites (tertiary alicyclic amines) is 1. The number of carbonyl (C=O) groups excluding carboxylic acids is 1. The molecule has 0 atom stereocenters. The van der Waals surface area contributed by atoms with Crippen molar-refractivity contribution in [3.05, 3.63) is 0 Å². The average molecular weight is 187 g/mol. The number of nitrogens with two attached hydrogens (primary N) is 2. The minimum Gasteiger partial charge on any atom is -0.465 e. The summed E-state index contributed by atoms with van der Waals surface area (Å²) in [5.41, 5.74) is 9.74. The van der Waals surface area contributed by atoms with Gasteiger partial charge in [0.1, 0.15) is 0 Å². The van der Waals surface area contributed by atoms with Gasteiger partial charge in [0.25, 0.3) is 0 Å². The predicted octanol–water partition coefficient (Wildman–Crippen LogP) is -1.06. The van der Waals surface area contributed by atoms with Crippen LogP contribution in [0.1, 0.15) is 12.8 Å². The summed E-state index contributed by atoms with van der Waals surface area (Å²) in [5.74, 6) is -0.558. The molecule has 0 radical (unpaired) electrons. The first-order chi connectivity index (χ1) is 5.96. The number of amides is 2. The van der Waals surface area contributed by atoms with Crippen LogP contribution in [0.5, 0.6) is 0 Å². The Kier molecular flexibility index (Phi) is 2.42. The molecule has 0 saturated carbocycles. The van der Waals surface area contributed by atoms with Crippen molar-refractivity contribution in [1.29, 1.82) is 0 Å². The van der Waals surface area contributed by atoms with E-state index in [1.807, 2.05) is 0 Å². The van der Waals surface area contributed by atoms with Gasteiger partial charge in [0.15, 0.2) is 0 Å². The Labute approximate surface area is 75.5 Å². The van der Waals surface area contributed by atoms with E-state index in [0.717, 1.165) is 0 Å². The van der Waals surface area contributed by atoms with Crippen LogP contribution >= 0.6 is 0 Å². The average Bonchev–Trinajstić information content (AvgIpc) is 2.04. The summed E-state index contributed by atoms with van der Waals surface area (Å²) in [6.45, 7) is 0.545. The molecule has 1 rings (SSSR count). The molecule has 1 heterocycles. The molecule has 74 valence electrons. The van der Waals surface area contributed by atoms with Gasteiger partial charge >= 0.3 is 6.09 Å². The Bertz CT molecular complexity index is 233. The molecule has 0 aliphatic carbocycles. The Balaban J connectivity index is 2.56. The maximum Gasteiger partial charge on any atom is 0.407 e. The maximum absolute atomic E-state index is 10.9. The lowest BCUT2D eigenvalue weighted by Gasteiger charge is -2.35. The van der Waals surface area contributed by atoms with Gasteiger partial charge in [0.05, 0.1) is 5.54 Å². The molecule has 6 nitrogen and oxygen atoms in total. The molecule has 0 aromatic heterocycles. The van der Waals surface area contributed by atoms with E-state index in [-0.39, 0.29) is 13.1 Å². The van der Waals surface area contributed by atoms with E-state index >= 15 is 0 Å². The number of hydrogen-bond donors (Lipinski definition) is 3. The lowest BCUT2D eigenvalue weighted by molar-refractivity contribution is -0.124. The first kappa shape index (κ1) is 9.79. The number of piperidine rings is 1. The fourth-order valence-electron chi connectivity index (χ4n) is 1.34. The fourth-order valence-corrected chi connectivity index (χ4v) is 1.34. The SMILES string of the molecule is NC(=O)C1(N)CCN(C(=O)O)CC1. The zero-order chi connectivity index (χ0) is 10.1. The van der Waals surface area contributed by atoms with E-state index < -0.39 is 17.5 Å². The van der Waals surface area contributed by atoms with Gasteiger partial charge in [0, 0.05) is 13.1 Å². The van der Waals surface area contributed by atoms with Crippen molar-refractivity contribution in [1.82, 2.24) is 4.90 Å². The van der Waals surface area contributed by atoms with Crippen LogP contribution in [-0.2, 0) is 4.79 Å². The molecule has 1 fully saturated rings. The minimum atomic E-state index is -1.02. The molecule has 5 N–H and O–H groups in total. The van der Waals surface area contributed by atoms with Gasteiger partial charge in [-0.1, -0.05) is 0 Å². The fraction of sp³-hybridized carbons (Fsp3) is 0.714. The van der Waals surface area contributed by atoms with Gasteiger partial charge in [0.2, 0.25) is 5.91 Å². The second kappa shape index (κ2) is 3.21. The minimum absolute atomic E-state index is 0.273. The second-order valence-electron chi connectivity index (χ2n) is 3.29. The topological polar surface area (TPSA) is 110 Å². The van der Waals surface area contributed by atoms with Crippen molar-refractivity contribution in [2.45, 2.75) is 18.4 Å². The van der Waals surface area contributed by atoms with Crippen molar-refractivity contribution in [3.8, 4) is 0 Å². The number of primary amides is 1. The summed E-state index contributed by atoms with van der Waals surface area (Å²) in [6, 6.07) is 0. The van der Waals surface area contributed by atoms with E-state index in [4.69, 9.17) is 16.6 Å². The predicted molar refractivity (Wildman–Crippen MR) is 44.9 cm³/mol. The van der Waals surface area contributed by atoms with Crippen LogP contribution in [0.25, 0.3) is 0 Å². The van der Waals surface area contributed by atoms with Crippen LogP contribution in [0, 0.1) is 0 Å². The van der Waals surface area contributed by atoms with Gasteiger partial charge in [-0.15, -0.1) is 0 Å². The summed E-state index contributed by atoms with van der Waals surface area (Å²) >= 11 is 0. The first-order valence-corrected chi connectivity index (χ1v) is 4.02. The third-order valence-corrected chi connectivity index (χ3v) is 2.42.